The maximum atomic E-state index is 9.44. The van der Waals surface area contributed by atoms with E-state index < -0.39 is 6.10 Å². The molecule has 0 saturated carbocycles. The molecule has 0 aliphatic carbocycles. The monoisotopic (exact) mass is 205 g/mol. The molecule has 0 aromatic carbocycles. The lowest BCUT2D eigenvalue weighted by Gasteiger charge is -2.19. The van der Waals surface area contributed by atoms with E-state index in [1.807, 2.05) is 0 Å². The van der Waals surface area contributed by atoms with Crippen LogP contribution in [0.25, 0.3) is 0 Å². The van der Waals surface area contributed by atoms with Crippen LogP contribution in [0, 0.1) is 0 Å². The molecule has 3 atom stereocenters. The van der Waals surface area contributed by atoms with Crippen molar-refractivity contribution in [2.24, 2.45) is 0 Å². The van der Waals surface area contributed by atoms with Crippen molar-refractivity contribution in [1.29, 1.82) is 0 Å². The van der Waals surface area contributed by atoms with Gasteiger partial charge in [0.2, 0.25) is 0 Å². The third-order valence-corrected chi connectivity index (χ3v) is 2.34. The fourth-order valence-corrected chi connectivity index (χ4v) is 1.42. The summed E-state index contributed by atoms with van der Waals surface area (Å²) in [5, 5.41) is 12.6. The van der Waals surface area contributed by atoms with Crippen molar-refractivity contribution in [3.05, 3.63) is 0 Å². The third-order valence-electron chi connectivity index (χ3n) is 2.34. The fraction of sp³-hybridized carbons (Fsp3) is 1.00. The summed E-state index contributed by atoms with van der Waals surface area (Å²) in [6, 6.07) is 0.0181. The number of hydrogen-bond donors (Lipinski definition) is 2. The first-order valence-electron chi connectivity index (χ1n) is 4.78. The van der Waals surface area contributed by atoms with Crippen molar-refractivity contribution >= 4 is 0 Å². The molecule has 84 valence electrons. The maximum Gasteiger partial charge on any atom is 0.0948 e. The van der Waals surface area contributed by atoms with Crippen LogP contribution in [0.4, 0.5) is 0 Å². The van der Waals surface area contributed by atoms with E-state index in [2.05, 4.69) is 5.32 Å². The highest BCUT2D eigenvalue weighted by atomic mass is 16.5. The first-order chi connectivity index (χ1) is 6.77. The number of hydrogen-bond acceptors (Lipinski definition) is 5. The minimum atomic E-state index is -0.407. The normalized spacial score (nSPS) is 29.4. The molecule has 0 bridgehead atoms. The van der Waals surface area contributed by atoms with E-state index >= 15 is 0 Å². The van der Waals surface area contributed by atoms with Gasteiger partial charge >= 0.3 is 0 Å². The van der Waals surface area contributed by atoms with Gasteiger partial charge in [-0.05, 0) is 0 Å². The number of aliphatic hydroxyl groups excluding tert-OH is 1. The highest BCUT2D eigenvalue weighted by molar-refractivity contribution is 4.81. The number of methoxy groups -OCH3 is 2. The molecule has 0 aromatic heterocycles. The Balaban J connectivity index is 2.17. The van der Waals surface area contributed by atoms with E-state index in [0.29, 0.717) is 26.4 Å². The van der Waals surface area contributed by atoms with Crippen LogP contribution in [0.5, 0.6) is 0 Å². The second-order valence-electron chi connectivity index (χ2n) is 3.43. The van der Waals surface area contributed by atoms with Gasteiger partial charge < -0.3 is 24.6 Å². The summed E-state index contributed by atoms with van der Waals surface area (Å²) in [5.41, 5.74) is 0. The minimum Gasteiger partial charge on any atom is -0.389 e. The second-order valence-corrected chi connectivity index (χ2v) is 3.43. The smallest absolute Gasteiger partial charge is 0.0948 e. The average molecular weight is 205 g/mol. The standard InChI is InChI=1S/C9H19NO4/c1-12-4-7(13-2)3-10-8-5-14-6-9(8)11/h7-11H,3-6H2,1-2H3. The van der Waals surface area contributed by atoms with E-state index in [-0.39, 0.29) is 12.1 Å². The topological polar surface area (TPSA) is 60.0 Å². The van der Waals surface area contributed by atoms with Gasteiger partial charge in [-0.25, -0.2) is 0 Å². The predicted octanol–water partition coefficient (Wildman–Crippen LogP) is -1.00. The van der Waals surface area contributed by atoms with Gasteiger partial charge in [-0.3, -0.25) is 0 Å². The second kappa shape index (κ2) is 6.31. The van der Waals surface area contributed by atoms with Gasteiger partial charge in [-0.2, -0.15) is 0 Å². The van der Waals surface area contributed by atoms with Crippen LogP contribution >= 0.6 is 0 Å². The molecule has 0 spiro atoms. The van der Waals surface area contributed by atoms with Crippen molar-refractivity contribution < 1.29 is 19.3 Å². The lowest BCUT2D eigenvalue weighted by atomic mass is 10.2. The number of ether oxygens (including phenoxy) is 3. The average Bonchev–Trinajstić information content (AvgIpc) is 2.59. The van der Waals surface area contributed by atoms with Crippen LogP contribution in [0.15, 0.2) is 0 Å². The summed E-state index contributed by atoms with van der Waals surface area (Å²) in [7, 11) is 3.28. The molecule has 1 fully saturated rings. The lowest BCUT2D eigenvalue weighted by Crippen LogP contribution is -2.44. The quantitative estimate of drug-likeness (QED) is 0.582. The summed E-state index contributed by atoms with van der Waals surface area (Å²) >= 11 is 0. The Hall–Kier alpha value is -0.200. The van der Waals surface area contributed by atoms with Gasteiger partial charge in [-0.15, -0.1) is 0 Å². The number of rotatable bonds is 6. The molecule has 0 radical (unpaired) electrons. The summed E-state index contributed by atoms with van der Waals surface area (Å²) in [6.45, 7) is 2.19. The van der Waals surface area contributed by atoms with Crippen LogP contribution in [-0.4, -0.2) is 63.9 Å². The van der Waals surface area contributed by atoms with Crippen molar-refractivity contribution in [1.82, 2.24) is 5.32 Å². The van der Waals surface area contributed by atoms with E-state index in [4.69, 9.17) is 14.2 Å². The number of nitrogens with one attached hydrogen (secondary N) is 1. The van der Waals surface area contributed by atoms with E-state index in [9.17, 15) is 5.11 Å². The minimum absolute atomic E-state index is 0.0181. The summed E-state index contributed by atoms with van der Waals surface area (Å²) in [4.78, 5) is 0. The Morgan fingerprint density at radius 2 is 2.29 bits per heavy atom. The molecule has 0 aromatic rings. The van der Waals surface area contributed by atoms with Crippen LogP contribution < -0.4 is 5.32 Å². The van der Waals surface area contributed by atoms with Crippen molar-refractivity contribution in [3.8, 4) is 0 Å². The van der Waals surface area contributed by atoms with Gasteiger partial charge in [-0.1, -0.05) is 0 Å². The highest BCUT2D eigenvalue weighted by Crippen LogP contribution is 2.05. The molecule has 1 aliphatic heterocycles. The molecular weight excluding hydrogens is 186 g/mol. The van der Waals surface area contributed by atoms with Crippen molar-refractivity contribution in [3.63, 3.8) is 0 Å². The Morgan fingerprint density at radius 1 is 1.50 bits per heavy atom. The van der Waals surface area contributed by atoms with Crippen LogP contribution in [-0.2, 0) is 14.2 Å². The predicted molar refractivity (Wildman–Crippen MR) is 51.3 cm³/mol. The van der Waals surface area contributed by atoms with E-state index in [1.165, 1.54) is 0 Å². The zero-order valence-electron chi connectivity index (χ0n) is 8.73. The Bertz CT molecular complexity index is 156. The van der Waals surface area contributed by atoms with E-state index in [1.54, 1.807) is 14.2 Å². The van der Waals surface area contributed by atoms with Crippen LogP contribution in [0.3, 0.4) is 0 Å². The molecule has 5 heteroatoms. The van der Waals surface area contributed by atoms with Gasteiger partial charge in [0.15, 0.2) is 0 Å². The third kappa shape index (κ3) is 3.51. The maximum absolute atomic E-state index is 9.44. The van der Waals surface area contributed by atoms with E-state index in [0.717, 1.165) is 0 Å². The van der Waals surface area contributed by atoms with Crippen molar-refractivity contribution in [2.45, 2.75) is 18.2 Å². The molecule has 3 unspecified atom stereocenters. The molecule has 1 saturated heterocycles. The Kier molecular flexibility index (Phi) is 5.36. The fourth-order valence-electron chi connectivity index (χ4n) is 1.42. The zero-order valence-corrected chi connectivity index (χ0v) is 8.73. The van der Waals surface area contributed by atoms with Gasteiger partial charge in [0, 0.05) is 20.8 Å². The zero-order chi connectivity index (χ0) is 10.4. The lowest BCUT2D eigenvalue weighted by molar-refractivity contribution is 0.0249. The molecule has 1 aliphatic rings. The SMILES string of the molecule is COCC(CNC1COCC1O)OC. The first kappa shape index (κ1) is 11.9. The molecule has 14 heavy (non-hydrogen) atoms. The van der Waals surface area contributed by atoms with Crippen LogP contribution in [0.2, 0.25) is 0 Å². The molecule has 5 nitrogen and oxygen atoms in total. The molecule has 1 heterocycles. The number of aliphatic hydroxyl groups is 1. The van der Waals surface area contributed by atoms with Gasteiger partial charge in [0.25, 0.3) is 0 Å². The molecule has 0 amide bonds. The van der Waals surface area contributed by atoms with Gasteiger partial charge in [0.1, 0.15) is 0 Å². The first-order valence-corrected chi connectivity index (χ1v) is 4.78. The molecule has 2 N–H and O–H groups in total. The van der Waals surface area contributed by atoms with Crippen LogP contribution in [0.1, 0.15) is 0 Å². The summed E-state index contributed by atoms with van der Waals surface area (Å²) in [5.74, 6) is 0. The largest absolute Gasteiger partial charge is 0.389 e. The van der Waals surface area contributed by atoms with Crippen molar-refractivity contribution in [2.75, 3.05) is 40.6 Å². The highest BCUT2D eigenvalue weighted by Gasteiger charge is 2.26. The molecular formula is C9H19NO4. The van der Waals surface area contributed by atoms with Gasteiger partial charge in [0.05, 0.1) is 38.1 Å². The summed E-state index contributed by atoms with van der Waals surface area (Å²) in [6.07, 6.45) is -0.386. The summed E-state index contributed by atoms with van der Waals surface area (Å²) < 4.78 is 15.3. The Labute approximate surface area is 84.3 Å². The molecule has 1 rings (SSSR count). The Morgan fingerprint density at radius 3 is 2.79 bits per heavy atom.